The van der Waals surface area contributed by atoms with Crippen molar-refractivity contribution in [3.8, 4) is 11.5 Å². The fraction of sp³-hybridized carbons (Fsp3) is 0.474. The molecule has 3 aliphatic rings. The minimum absolute atomic E-state index is 0.111. The normalized spacial score (nSPS) is 32.1. The molecule has 2 fully saturated rings. The third-order valence-electron chi connectivity index (χ3n) is 5.91. The Bertz CT molecular complexity index is 733. The summed E-state index contributed by atoms with van der Waals surface area (Å²) in [4.78, 5) is 0. The van der Waals surface area contributed by atoms with E-state index in [0.29, 0.717) is 22.8 Å². The second-order valence-corrected chi connectivity index (χ2v) is 7.59. The molecule has 0 spiro atoms. The van der Waals surface area contributed by atoms with E-state index in [1.807, 2.05) is 0 Å². The summed E-state index contributed by atoms with van der Waals surface area (Å²) in [6, 6.07) is 5.52. The lowest BCUT2D eigenvalue weighted by atomic mass is 9.79. The minimum atomic E-state index is 0.111. The van der Waals surface area contributed by atoms with Crippen LogP contribution < -0.4 is 15.5 Å². The number of fused-ring (bicyclic) bond motifs is 5. The maximum atomic E-state index is 9.60. The van der Waals surface area contributed by atoms with Crippen molar-refractivity contribution in [2.24, 2.45) is 28.8 Å². The predicted octanol–water partition coefficient (Wildman–Crippen LogP) is 2.80. The highest BCUT2D eigenvalue weighted by Crippen LogP contribution is 2.56. The molecule has 3 N–H and O–H groups in total. The zero-order chi connectivity index (χ0) is 17.4. The Kier molecular flexibility index (Phi) is 4.37. The second-order valence-electron chi connectivity index (χ2n) is 7.18. The molecule has 0 amide bonds. The molecule has 4 rings (SSSR count). The molecule has 25 heavy (non-hydrogen) atoms. The zero-order valence-electron chi connectivity index (χ0n) is 14.2. The van der Waals surface area contributed by atoms with Crippen molar-refractivity contribution in [1.29, 1.82) is 0 Å². The van der Waals surface area contributed by atoms with Gasteiger partial charge in [0.05, 0.1) is 13.3 Å². The molecule has 132 valence electrons. The van der Waals surface area contributed by atoms with Gasteiger partial charge in [-0.15, -0.1) is 0 Å². The van der Waals surface area contributed by atoms with Gasteiger partial charge in [-0.05, 0) is 78.9 Å². The van der Waals surface area contributed by atoms with E-state index in [1.165, 1.54) is 26.4 Å². The molecule has 6 heteroatoms. The average molecular weight is 357 g/mol. The van der Waals surface area contributed by atoms with E-state index >= 15 is 0 Å². The van der Waals surface area contributed by atoms with Gasteiger partial charge < -0.3 is 15.2 Å². The fourth-order valence-electron chi connectivity index (χ4n) is 4.85. The average Bonchev–Trinajstić information content (AvgIpc) is 3.29. The van der Waals surface area contributed by atoms with Crippen LogP contribution in [0, 0.1) is 23.7 Å². The monoisotopic (exact) mass is 357 g/mol. The third-order valence-corrected chi connectivity index (χ3v) is 6.12. The number of phenols is 1. The van der Waals surface area contributed by atoms with E-state index in [2.05, 4.69) is 28.0 Å². The predicted molar refractivity (Wildman–Crippen MR) is 102 cm³/mol. The van der Waals surface area contributed by atoms with Crippen LogP contribution in [0.3, 0.4) is 0 Å². The molecule has 0 aromatic heterocycles. The van der Waals surface area contributed by atoms with E-state index in [0.717, 1.165) is 23.3 Å². The number of aromatic hydroxyl groups is 1. The van der Waals surface area contributed by atoms with Gasteiger partial charge >= 0.3 is 0 Å². The van der Waals surface area contributed by atoms with Crippen LogP contribution in [0.4, 0.5) is 0 Å². The Balaban J connectivity index is 1.30. The van der Waals surface area contributed by atoms with E-state index in [4.69, 9.17) is 17.0 Å². The number of nitrogens with one attached hydrogen (secondary N) is 2. The first-order chi connectivity index (χ1) is 12.2. The number of ether oxygens (including phenoxy) is 1. The van der Waals surface area contributed by atoms with Gasteiger partial charge in [-0.2, -0.15) is 5.10 Å². The minimum Gasteiger partial charge on any atom is -0.504 e. The molecule has 5 nitrogen and oxygen atoms in total. The van der Waals surface area contributed by atoms with Crippen molar-refractivity contribution < 1.29 is 9.84 Å². The van der Waals surface area contributed by atoms with E-state index in [-0.39, 0.29) is 5.75 Å². The highest BCUT2D eigenvalue weighted by atomic mass is 32.1. The van der Waals surface area contributed by atoms with Crippen LogP contribution in [0.25, 0.3) is 0 Å². The topological polar surface area (TPSA) is 65.9 Å². The van der Waals surface area contributed by atoms with Crippen LogP contribution in [-0.2, 0) is 0 Å². The Morgan fingerprint density at radius 1 is 1.36 bits per heavy atom. The summed E-state index contributed by atoms with van der Waals surface area (Å²) in [7, 11) is 1.52. The summed E-state index contributed by atoms with van der Waals surface area (Å²) in [5.74, 6) is 3.71. The lowest BCUT2D eigenvalue weighted by molar-refractivity contribution is 0.246. The van der Waals surface area contributed by atoms with Gasteiger partial charge in [0.15, 0.2) is 16.6 Å². The van der Waals surface area contributed by atoms with E-state index in [1.54, 1.807) is 24.4 Å². The number of rotatable bonds is 4. The van der Waals surface area contributed by atoms with Gasteiger partial charge in [0.1, 0.15) is 0 Å². The number of allylic oxidation sites excluding steroid dienone is 2. The summed E-state index contributed by atoms with van der Waals surface area (Å²) >= 11 is 5.39. The number of hydrazone groups is 1. The Morgan fingerprint density at radius 2 is 2.24 bits per heavy atom. The maximum Gasteiger partial charge on any atom is 0.187 e. The highest BCUT2D eigenvalue weighted by Gasteiger charge is 2.52. The molecule has 0 aliphatic heterocycles. The summed E-state index contributed by atoms with van der Waals surface area (Å²) in [6.45, 7) is 0. The first-order valence-corrected chi connectivity index (χ1v) is 9.20. The first kappa shape index (κ1) is 16.4. The maximum absolute atomic E-state index is 9.60. The van der Waals surface area contributed by atoms with Crippen molar-refractivity contribution in [3.05, 3.63) is 35.9 Å². The molecule has 1 aromatic carbocycles. The summed E-state index contributed by atoms with van der Waals surface area (Å²) in [5.41, 5.74) is 3.72. The Labute approximate surface area is 153 Å². The van der Waals surface area contributed by atoms with E-state index in [9.17, 15) is 5.11 Å². The molecule has 0 radical (unpaired) electrons. The molecule has 0 unspecified atom stereocenters. The number of nitrogens with zero attached hydrogens (tertiary/aromatic N) is 1. The molecule has 0 heterocycles. The SMILES string of the molecule is COc1cc(/C=N\NC(=S)N[C@@H]2C[C@@H]3C[C@@H]2[C@H]2C=CC[C@H]32)ccc1O. The van der Waals surface area contributed by atoms with Crippen LogP contribution in [0.1, 0.15) is 24.8 Å². The molecular weight excluding hydrogens is 334 g/mol. The van der Waals surface area contributed by atoms with Crippen LogP contribution in [0.15, 0.2) is 35.5 Å². The molecular formula is C19H23N3O2S. The van der Waals surface area contributed by atoms with Gasteiger partial charge in [0.2, 0.25) is 0 Å². The van der Waals surface area contributed by atoms with Gasteiger partial charge in [-0.3, -0.25) is 5.43 Å². The summed E-state index contributed by atoms with van der Waals surface area (Å²) in [5, 5.41) is 17.8. The lowest BCUT2D eigenvalue weighted by Crippen LogP contribution is -2.45. The van der Waals surface area contributed by atoms with Crippen LogP contribution in [-0.4, -0.2) is 29.6 Å². The van der Waals surface area contributed by atoms with Gasteiger partial charge in [-0.25, -0.2) is 0 Å². The van der Waals surface area contributed by atoms with Crippen LogP contribution in [0.2, 0.25) is 0 Å². The number of benzene rings is 1. The van der Waals surface area contributed by atoms with Crippen molar-refractivity contribution >= 4 is 23.5 Å². The number of hydrogen-bond donors (Lipinski definition) is 3. The zero-order valence-corrected chi connectivity index (χ0v) is 15.0. The van der Waals surface area contributed by atoms with E-state index < -0.39 is 0 Å². The van der Waals surface area contributed by atoms with Crippen molar-refractivity contribution in [2.45, 2.75) is 25.3 Å². The molecule has 2 bridgehead atoms. The van der Waals surface area contributed by atoms with Crippen molar-refractivity contribution in [3.63, 3.8) is 0 Å². The third kappa shape index (κ3) is 3.11. The molecule has 3 aliphatic carbocycles. The molecule has 2 saturated carbocycles. The number of hydrogen-bond acceptors (Lipinski definition) is 4. The molecule has 0 saturated heterocycles. The van der Waals surface area contributed by atoms with Crippen LogP contribution >= 0.6 is 12.2 Å². The largest absolute Gasteiger partial charge is 0.504 e. The Hall–Kier alpha value is -2.08. The van der Waals surface area contributed by atoms with Gasteiger partial charge in [0.25, 0.3) is 0 Å². The molecule has 5 atom stereocenters. The van der Waals surface area contributed by atoms with Crippen LogP contribution in [0.5, 0.6) is 11.5 Å². The standard InChI is InChI=1S/C19H23N3O2S/c1-24-18-7-11(5-6-17(18)23)10-20-22-19(25)21-16-9-12-8-15(16)14-4-2-3-13(12)14/h2,4-7,10,12-16,23H,3,8-9H2,1H3,(H2,21,22,25)/b20-10-/t12-,13+,14-,15+,16+/m0/s1. The second kappa shape index (κ2) is 6.67. The summed E-state index contributed by atoms with van der Waals surface area (Å²) in [6.07, 6.45) is 10.2. The Morgan fingerprint density at radius 3 is 3.08 bits per heavy atom. The number of methoxy groups -OCH3 is 1. The summed E-state index contributed by atoms with van der Waals surface area (Å²) < 4.78 is 5.09. The smallest absolute Gasteiger partial charge is 0.187 e. The van der Waals surface area contributed by atoms with Gasteiger partial charge in [0, 0.05) is 6.04 Å². The highest BCUT2D eigenvalue weighted by molar-refractivity contribution is 7.80. The lowest BCUT2D eigenvalue weighted by Gasteiger charge is -2.32. The fourth-order valence-corrected chi connectivity index (χ4v) is 5.06. The quantitative estimate of drug-likeness (QED) is 0.335. The van der Waals surface area contributed by atoms with Crippen molar-refractivity contribution in [2.75, 3.05) is 7.11 Å². The first-order valence-electron chi connectivity index (χ1n) is 8.79. The van der Waals surface area contributed by atoms with Gasteiger partial charge in [-0.1, -0.05) is 12.2 Å². The molecule has 1 aromatic rings. The number of phenolic OH excluding ortho intramolecular Hbond substituents is 1. The van der Waals surface area contributed by atoms with Crippen molar-refractivity contribution in [1.82, 2.24) is 10.7 Å². The number of thiocarbonyl (C=S) groups is 1.